The van der Waals surface area contributed by atoms with Crippen molar-refractivity contribution in [2.24, 2.45) is 0 Å². The van der Waals surface area contributed by atoms with Crippen molar-refractivity contribution in [2.45, 2.75) is 13.5 Å². The monoisotopic (exact) mass is 370 g/mol. The number of anilines is 1. The molecule has 0 aliphatic rings. The van der Waals surface area contributed by atoms with Crippen molar-refractivity contribution in [2.75, 3.05) is 19.0 Å². The van der Waals surface area contributed by atoms with Gasteiger partial charge in [0.15, 0.2) is 0 Å². The molecule has 2 aromatic carbocycles. The van der Waals surface area contributed by atoms with Gasteiger partial charge in [0.25, 0.3) is 0 Å². The van der Waals surface area contributed by atoms with Crippen LogP contribution in [0.2, 0.25) is 0 Å². The van der Waals surface area contributed by atoms with Crippen LogP contribution >= 0.6 is 0 Å². The lowest BCUT2D eigenvalue weighted by atomic mass is 10.2. The molecule has 0 radical (unpaired) electrons. The van der Waals surface area contributed by atoms with Crippen LogP contribution < -0.4 is 10.1 Å². The minimum absolute atomic E-state index is 0.159. The largest absolute Gasteiger partial charge is 0.497 e. The van der Waals surface area contributed by atoms with Gasteiger partial charge < -0.3 is 19.5 Å². The average molecular weight is 370 g/mol. The number of methoxy groups -OCH3 is 1. The first-order valence-electron chi connectivity index (χ1n) is 8.37. The lowest BCUT2D eigenvalue weighted by Gasteiger charge is -2.19. The van der Waals surface area contributed by atoms with Crippen molar-refractivity contribution in [3.63, 3.8) is 0 Å². The number of urea groups is 1. The second-order valence-electron chi connectivity index (χ2n) is 5.69. The summed E-state index contributed by atoms with van der Waals surface area (Å²) in [6.45, 7) is 2.44. The van der Waals surface area contributed by atoms with Crippen molar-refractivity contribution in [3.8, 4) is 17.1 Å². The summed E-state index contributed by atoms with van der Waals surface area (Å²) in [4.78, 5) is 18.2. The van der Waals surface area contributed by atoms with Crippen molar-refractivity contribution >= 4 is 11.7 Å². The van der Waals surface area contributed by atoms with Gasteiger partial charge >= 0.3 is 6.03 Å². The molecule has 0 atom stereocenters. The summed E-state index contributed by atoms with van der Waals surface area (Å²) >= 11 is 0. The van der Waals surface area contributed by atoms with Gasteiger partial charge in [0.05, 0.1) is 7.11 Å². The van der Waals surface area contributed by atoms with E-state index in [9.17, 15) is 9.18 Å². The summed E-state index contributed by atoms with van der Waals surface area (Å²) in [5.41, 5.74) is 1.29. The highest BCUT2D eigenvalue weighted by Crippen LogP contribution is 2.20. The van der Waals surface area contributed by atoms with E-state index in [1.54, 1.807) is 19.2 Å². The predicted molar refractivity (Wildman–Crippen MR) is 97.8 cm³/mol. The van der Waals surface area contributed by atoms with Gasteiger partial charge in [0.2, 0.25) is 11.7 Å². The number of nitrogens with zero attached hydrogens (tertiary/aromatic N) is 3. The summed E-state index contributed by atoms with van der Waals surface area (Å²) < 4.78 is 23.3. The van der Waals surface area contributed by atoms with Gasteiger partial charge in [-0.25, -0.2) is 9.18 Å². The normalized spacial score (nSPS) is 10.5. The van der Waals surface area contributed by atoms with E-state index in [0.717, 1.165) is 11.3 Å². The van der Waals surface area contributed by atoms with Gasteiger partial charge in [0, 0.05) is 17.8 Å². The molecule has 1 N–H and O–H groups in total. The Hall–Kier alpha value is -3.42. The van der Waals surface area contributed by atoms with E-state index in [-0.39, 0.29) is 18.4 Å². The highest BCUT2D eigenvalue weighted by Gasteiger charge is 2.17. The Bertz CT molecular complexity index is 894. The number of carbonyl (C=O) groups is 1. The van der Waals surface area contributed by atoms with E-state index in [4.69, 9.17) is 9.26 Å². The van der Waals surface area contributed by atoms with Crippen molar-refractivity contribution in [1.29, 1.82) is 0 Å². The maximum absolute atomic E-state index is 13.0. The molecule has 0 bridgehead atoms. The van der Waals surface area contributed by atoms with E-state index in [1.807, 2.05) is 19.1 Å². The average Bonchev–Trinajstić information content (AvgIpc) is 3.16. The third kappa shape index (κ3) is 4.60. The molecule has 8 heteroatoms. The molecule has 1 heterocycles. The fraction of sp³-hybridized carbons (Fsp3) is 0.211. The highest BCUT2D eigenvalue weighted by molar-refractivity contribution is 5.89. The van der Waals surface area contributed by atoms with Crippen LogP contribution in [0, 0.1) is 5.82 Å². The number of rotatable bonds is 6. The molecule has 2 amide bonds. The summed E-state index contributed by atoms with van der Waals surface area (Å²) in [5.74, 6) is 1.12. The standard InChI is InChI=1S/C19H19FN4O3/c1-3-24(19(25)21-15-8-6-14(20)7-9-15)12-17-22-18(23-27-17)13-4-10-16(26-2)11-5-13/h4-11H,3,12H2,1-2H3,(H,21,25). The number of hydrogen-bond donors (Lipinski definition) is 1. The topological polar surface area (TPSA) is 80.5 Å². The molecule has 0 fully saturated rings. The third-order valence-corrected chi connectivity index (χ3v) is 3.91. The van der Waals surface area contributed by atoms with E-state index >= 15 is 0 Å². The van der Waals surface area contributed by atoms with E-state index < -0.39 is 0 Å². The molecule has 0 saturated heterocycles. The number of halogens is 1. The van der Waals surface area contributed by atoms with Crippen LogP contribution in [0.4, 0.5) is 14.9 Å². The Morgan fingerprint density at radius 3 is 2.52 bits per heavy atom. The van der Waals surface area contributed by atoms with Gasteiger partial charge in [-0.05, 0) is 55.5 Å². The van der Waals surface area contributed by atoms with Crippen LogP contribution in [0.3, 0.4) is 0 Å². The Balaban J connectivity index is 1.66. The molecule has 27 heavy (non-hydrogen) atoms. The van der Waals surface area contributed by atoms with Crippen LogP contribution in [0.1, 0.15) is 12.8 Å². The zero-order valence-electron chi connectivity index (χ0n) is 15.0. The van der Waals surface area contributed by atoms with Gasteiger partial charge in [-0.2, -0.15) is 4.98 Å². The lowest BCUT2D eigenvalue weighted by molar-refractivity contribution is 0.203. The fourth-order valence-corrected chi connectivity index (χ4v) is 2.40. The van der Waals surface area contributed by atoms with Crippen molar-refractivity contribution in [1.82, 2.24) is 15.0 Å². The number of benzene rings is 2. The molecular weight excluding hydrogens is 351 g/mol. The number of amides is 2. The molecule has 3 rings (SSSR count). The first-order chi connectivity index (χ1) is 13.1. The Labute approximate surface area is 155 Å². The molecular formula is C19H19FN4O3. The smallest absolute Gasteiger partial charge is 0.322 e. The molecule has 3 aromatic rings. The number of aromatic nitrogens is 2. The van der Waals surface area contributed by atoms with E-state index in [0.29, 0.717) is 23.9 Å². The fourth-order valence-electron chi connectivity index (χ4n) is 2.40. The van der Waals surface area contributed by atoms with Crippen LogP contribution in [-0.4, -0.2) is 34.7 Å². The Morgan fingerprint density at radius 1 is 1.19 bits per heavy atom. The zero-order chi connectivity index (χ0) is 19.2. The number of carbonyl (C=O) groups excluding carboxylic acids is 1. The summed E-state index contributed by atoms with van der Waals surface area (Å²) in [7, 11) is 1.60. The van der Waals surface area contributed by atoms with Gasteiger partial charge in [0.1, 0.15) is 18.1 Å². The highest BCUT2D eigenvalue weighted by atomic mass is 19.1. The van der Waals surface area contributed by atoms with Crippen molar-refractivity contribution in [3.05, 3.63) is 60.2 Å². The molecule has 140 valence electrons. The quantitative estimate of drug-likeness (QED) is 0.711. The minimum Gasteiger partial charge on any atom is -0.497 e. The lowest BCUT2D eigenvalue weighted by Crippen LogP contribution is -2.34. The number of ether oxygens (including phenoxy) is 1. The van der Waals surface area contributed by atoms with Crippen LogP contribution in [0.15, 0.2) is 53.1 Å². The zero-order valence-corrected chi connectivity index (χ0v) is 15.0. The molecule has 0 saturated carbocycles. The number of nitrogens with one attached hydrogen (secondary N) is 1. The summed E-state index contributed by atoms with van der Waals surface area (Å²) in [6.07, 6.45) is 0. The van der Waals surface area contributed by atoms with E-state index in [2.05, 4.69) is 15.5 Å². The first kappa shape index (κ1) is 18.4. The van der Waals surface area contributed by atoms with Crippen LogP contribution in [0.5, 0.6) is 5.75 Å². The molecule has 7 nitrogen and oxygen atoms in total. The maximum Gasteiger partial charge on any atom is 0.322 e. The van der Waals surface area contributed by atoms with Gasteiger partial charge in [-0.15, -0.1) is 0 Å². The number of hydrogen-bond acceptors (Lipinski definition) is 5. The van der Waals surface area contributed by atoms with Gasteiger partial charge in [-0.1, -0.05) is 5.16 Å². The minimum atomic E-state index is -0.364. The molecule has 0 aliphatic carbocycles. The second-order valence-corrected chi connectivity index (χ2v) is 5.69. The Morgan fingerprint density at radius 2 is 1.89 bits per heavy atom. The predicted octanol–water partition coefficient (Wildman–Crippen LogP) is 3.94. The molecule has 0 unspecified atom stereocenters. The third-order valence-electron chi connectivity index (χ3n) is 3.91. The molecule has 0 spiro atoms. The maximum atomic E-state index is 13.0. The first-order valence-corrected chi connectivity index (χ1v) is 8.37. The second kappa shape index (κ2) is 8.31. The summed E-state index contributed by atoms with van der Waals surface area (Å²) in [5, 5.41) is 6.66. The molecule has 0 aliphatic heterocycles. The molecule has 1 aromatic heterocycles. The Kier molecular flexibility index (Phi) is 5.65. The summed E-state index contributed by atoms with van der Waals surface area (Å²) in [6, 6.07) is 12.5. The SMILES string of the molecule is CCN(Cc1nc(-c2ccc(OC)cc2)no1)C(=O)Nc1ccc(F)cc1. The van der Waals surface area contributed by atoms with Gasteiger partial charge in [-0.3, -0.25) is 0 Å². The van der Waals surface area contributed by atoms with Crippen LogP contribution in [0.25, 0.3) is 11.4 Å². The van der Waals surface area contributed by atoms with Crippen LogP contribution in [-0.2, 0) is 6.54 Å². The van der Waals surface area contributed by atoms with Crippen molar-refractivity contribution < 1.29 is 18.4 Å². The van der Waals surface area contributed by atoms with E-state index in [1.165, 1.54) is 29.2 Å².